The zero-order valence-electron chi connectivity index (χ0n) is 11.9. The SMILES string of the molecule is CC1CN(C(=O)N2CC(C)C(C(=O)O)C2)CC(CO)O1. The van der Waals surface area contributed by atoms with Gasteiger partial charge in [0.1, 0.15) is 0 Å². The van der Waals surface area contributed by atoms with Crippen LogP contribution < -0.4 is 0 Å². The maximum absolute atomic E-state index is 12.4. The van der Waals surface area contributed by atoms with Gasteiger partial charge in [-0.25, -0.2) is 4.79 Å². The number of carbonyl (C=O) groups excluding carboxylic acids is 1. The molecule has 0 spiro atoms. The Morgan fingerprint density at radius 3 is 2.35 bits per heavy atom. The topological polar surface area (TPSA) is 90.3 Å². The molecule has 0 saturated carbocycles. The number of amides is 2. The Balaban J connectivity index is 1.99. The van der Waals surface area contributed by atoms with Crippen LogP contribution in [0, 0.1) is 11.8 Å². The van der Waals surface area contributed by atoms with Gasteiger partial charge in [0.2, 0.25) is 0 Å². The van der Waals surface area contributed by atoms with Crippen LogP contribution in [0.2, 0.25) is 0 Å². The van der Waals surface area contributed by atoms with Crippen LogP contribution in [-0.4, -0.2) is 77.0 Å². The van der Waals surface area contributed by atoms with E-state index in [-0.39, 0.29) is 37.3 Å². The molecule has 2 heterocycles. The van der Waals surface area contributed by atoms with E-state index in [9.17, 15) is 14.7 Å². The molecule has 0 aromatic carbocycles. The molecule has 0 aromatic rings. The van der Waals surface area contributed by atoms with Gasteiger partial charge >= 0.3 is 12.0 Å². The van der Waals surface area contributed by atoms with Crippen molar-refractivity contribution in [2.24, 2.45) is 11.8 Å². The van der Waals surface area contributed by atoms with Gasteiger partial charge in [0.25, 0.3) is 0 Å². The Bertz CT molecular complexity index is 389. The largest absolute Gasteiger partial charge is 0.481 e. The summed E-state index contributed by atoms with van der Waals surface area (Å²) in [5, 5.41) is 18.3. The maximum atomic E-state index is 12.4. The summed E-state index contributed by atoms with van der Waals surface area (Å²) in [6, 6.07) is -0.158. The number of ether oxygens (including phenoxy) is 1. The predicted molar refractivity (Wildman–Crippen MR) is 70.3 cm³/mol. The minimum atomic E-state index is -0.851. The van der Waals surface area contributed by atoms with Crippen LogP contribution in [0.4, 0.5) is 4.79 Å². The van der Waals surface area contributed by atoms with Gasteiger partial charge in [0.15, 0.2) is 0 Å². The minimum Gasteiger partial charge on any atom is -0.481 e. The smallest absolute Gasteiger partial charge is 0.320 e. The molecule has 7 nitrogen and oxygen atoms in total. The average molecular weight is 286 g/mol. The molecule has 4 atom stereocenters. The number of aliphatic hydroxyl groups excluding tert-OH is 1. The normalized spacial score (nSPS) is 34.4. The molecule has 2 N–H and O–H groups in total. The Morgan fingerprint density at radius 2 is 1.80 bits per heavy atom. The molecule has 2 saturated heterocycles. The number of rotatable bonds is 2. The highest BCUT2D eigenvalue weighted by atomic mass is 16.5. The van der Waals surface area contributed by atoms with Gasteiger partial charge in [-0.05, 0) is 12.8 Å². The molecule has 2 amide bonds. The zero-order chi connectivity index (χ0) is 14.9. The van der Waals surface area contributed by atoms with Gasteiger partial charge in [-0.2, -0.15) is 0 Å². The monoisotopic (exact) mass is 286 g/mol. The molecule has 114 valence electrons. The highest BCUT2D eigenvalue weighted by molar-refractivity contribution is 5.78. The number of nitrogens with zero attached hydrogens (tertiary/aromatic N) is 2. The van der Waals surface area contributed by atoms with Crippen molar-refractivity contribution in [1.29, 1.82) is 0 Å². The Kier molecular flexibility index (Phi) is 4.49. The second kappa shape index (κ2) is 5.97. The predicted octanol–water partition coefficient (Wildman–Crippen LogP) is -0.159. The third kappa shape index (κ3) is 3.04. The molecule has 4 unspecified atom stereocenters. The van der Waals surface area contributed by atoms with Crippen LogP contribution in [0.1, 0.15) is 13.8 Å². The number of carbonyl (C=O) groups is 2. The highest BCUT2D eigenvalue weighted by Gasteiger charge is 2.39. The summed E-state index contributed by atoms with van der Waals surface area (Å²) in [4.78, 5) is 26.8. The lowest BCUT2D eigenvalue weighted by atomic mass is 9.99. The number of urea groups is 1. The lowest BCUT2D eigenvalue weighted by Crippen LogP contribution is -2.54. The molecule has 0 aromatic heterocycles. The number of aliphatic carboxylic acids is 1. The highest BCUT2D eigenvalue weighted by Crippen LogP contribution is 2.25. The summed E-state index contributed by atoms with van der Waals surface area (Å²) in [5.41, 5.74) is 0. The Labute approximate surface area is 118 Å². The van der Waals surface area contributed by atoms with E-state index in [1.165, 1.54) is 0 Å². The lowest BCUT2D eigenvalue weighted by Gasteiger charge is -2.38. The van der Waals surface area contributed by atoms with Crippen molar-refractivity contribution in [2.45, 2.75) is 26.1 Å². The van der Waals surface area contributed by atoms with E-state index in [0.29, 0.717) is 19.6 Å². The summed E-state index contributed by atoms with van der Waals surface area (Å²) < 4.78 is 5.50. The summed E-state index contributed by atoms with van der Waals surface area (Å²) in [7, 11) is 0. The fourth-order valence-electron chi connectivity index (χ4n) is 2.95. The van der Waals surface area contributed by atoms with Crippen molar-refractivity contribution in [3.63, 3.8) is 0 Å². The van der Waals surface area contributed by atoms with Crippen LogP contribution in [0.3, 0.4) is 0 Å². The van der Waals surface area contributed by atoms with Crippen LogP contribution in [0.5, 0.6) is 0 Å². The number of morpholine rings is 1. The van der Waals surface area contributed by atoms with E-state index in [2.05, 4.69) is 0 Å². The van der Waals surface area contributed by atoms with Crippen molar-refractivity contribution < 1.29 is 24.5 Å². The van der Waals surface area contributed by atoms with Crippen molar-refractivity contribution in [2.75, 3.05) is 32.8 Å². The number of hydrogen-bond acceptors (Lipinski definition) is 4. The quantitative estimate of drug-likeness (QED) is 0.736. The fourth-order valence-corrected chi connectivity index (χ4v) is 2.95. The standard InChI is InChI=1S/C13H22N2O5/c1-8-3-14(6-11(8)12(17)18)13(19)15-4-9(2)20-10(5-15)7-16/h8-11,16H,3-7H2,1-2H3,(H,17,18). The Hall–Kier alpha value is -1.34. The van der Waals surface area contributed by atoms with E-state index >= 15 is 0 Å². The molecule has 7 heteroatoms. The molecular formula is C13H22N2O5. The first-order chi connectivity index (χ1) is 9.42. The summed E-state index contributed by atoms with van der Waals surface area (Å²) >= 11 is 0. The first kappa shape index (κ1) is 15.1. The van der Waals surface area contributed by atoms with Crippen molar-refractivity contribution in [1.82, 2.24) is 9.80 Å². The van der Waals surface area contributed by atoms with E-state index in [4.69, 9.17) is 9.84 Å². The van der Waals surface area contributed by atoms with Crippen molar-refractivity contribution in [3.8, 4) is 0 Å². The van der Waals surface area contributed by atoms with Gasteiger partial charge < -0.3 is 24.7 Å². The van der Waals surface area contributed by atoms with Gasteiger partial charge in [-0.3, -0.25) is 4.79 Å². The summed E-state index contributed by atoms with van der Waals surface area (Å²) in [6.07, 6.45) is -0.488. The minimum absolute atomic E-state index is 0.0384. The van der Waals surface area contributed by atoms with E-state index < -0.39 is 11.9 Å². The molecule has 2 rings (SSSR count). The zero-order valence-corrected chi connectivity index (χ0v) is 11.9. The summed E-state index contributed by atoms with van der Waals surface area (Å²) in [5.74, 6) is -1.38. The van der Waals surface area contributed by atoms with Crippen LogP contribution in [0.15, 0.2) is 0 Å². The van der Waals surface area contributed by atoms with Gasteiger partial charge in [-0.15, -0.1) is 0 Å². The number of carboxylic acid groups (broad SMARTS) is 1. The molecule has 20 heavy (non-hydrogen) atoms. The molecule has 2 aliphatic heterocycles. The van der Waals surface area contributed by atoms with Crippen LogP contribution >= 0.6 is 0 Å². The summed E-state index contributed by atoms with van der Waals surface area (Å²) in [6.45, 7) is 5.12. The van der Waals surface area contributed by atoms with E-state index in [1.807, 2.05) is 13.8 Å². The first-order valence-corrected chi connectivity index (χ1v) is 6.95. The average Bonchev–Trinajstić information content (AvgIpc) is 2.79. The van der Waals surface area contributed by atoms with Crippen LogP contribution in [0.25, 0.3) is 0 Å². The number of hydrogen-bond donors (Lipinski definition) is 2. The third-order valence-corrected chi connectivity index (χ3v) is 4.00. The second-order valence-corrected chi connectivity index (χ2v) is 5.77. The number of carboxylic acids is 1. The number of aliphatic hydroxyl groups is 1. The molecule has 2 aliphatic rings. The van der Waals surface area contributed by atoms with Crippen molar-refractivity contribution in [3.05, 3.63) is 0 Å². The molecule has 0 bridgehead atoms. The van der Waals surface area contributed by atoms with Gasteiger partial charge in [0.05, 0.1) is 31.3 Å². The first-order valence-electron chi connectivity index (χ1n) is 6.95. The van der Waals surface area contributed by atoms with Crippen molar-refractivity contribution >= 4 is 12.0 Å². The maximum Gasteiger partial charge on any atom is 0.320 e. The number of likely N-dealkylation sites (tertiary alicyclic amines) is 1. The third-order valence-electron chi connectivity index (χ3n) is 4.00. The molecular weight excluding hydrogens is 264 g/mol. The van der Waals surface area contributed by atoms with E-state index in [1.54, 1.807) is 9.80 Å². The van der Waals surface area contributed by atoms with E-state index in [0.717, 1.165) is 0 Å². The lowest BCUT2D eigenvalue weighted by molar-refractivity contribution is -0.142. The fraction of sp³-hybridized carbons (Fsp3) is 0.846. The molecule has 2 fully saturated rings. The van der Waals surface area contributed by atoms with Crippen LogP contribution in [-0.2, 0) is 9.53 Å². The molecule has 0 radical (unpaired) electrons. The Morgan fingerprint density at radius 1 is 1.15 bits per heavy atom. The second-order valence-electron chi connectivity index (χ2n) is 5.77. The molecule has 0 aliphatic carbocycles. The van der Waals surface area contributed by atoms with Gasteiger partial charge in [0, 0.05) is 19.6 Å². The van der Waals surface area contributed by atoms with Gasteiger partial charge in [-0.1, -0.05) is 6.92 Å².